The van der Waals surface area contributed by atoms with Crippen LogP contribution in [0.4, 0.5) is 0 Å². The molecule has 0 radical (unpaired) electrons. The number of fused-ring (bicyclic) bond motifs is 1. The van der Waals surface area contributed by atoms with Crippen molar-refractivity contribution in [2.45, 2.75) is 33.0 Å². The fourth-order valence-electron chi connectivity index (χ4n) is 3.18. The third-order valence-electron chi connectivity index (χ3n) is 4.53. The molecule has 0 aliphatic carbocycles. The van der Waals surface area contributed by atoms with Crippen LogP contribution in [-0.4, -0.2) is 28.9 Å². The van der Waals surface area contributed by atoms with Gasteiger partial charge in [-0.05, 0) is 44.2 Å². The maximum Gasteiger partial charge on any atom is 0.159 e. The lowest BCUT2D eigenvalue weighted by Gasteiger charge is -2.35. The van der Waals surface area contributed by atoms with Gasteiger partial charge < -0.3 is 9.30 Å². The average Bonchev–Trinajstić information content (AvgIpc) is 2.99. The van der Waals surface area contributed by atoms with E-state index in [0.717, 1.165) is 36.5 Å². The molecule has 3 rings (SSSR count). The highest BCUT2D eigenvalue weighted by Gasteiger charge is 2.24. The highest BCUT2D eigenvalue weighted by Crippen LogP contribution is 2.29. The van der Waals surface area contributed by atoms with Crippen molar-refractivity contribution in [1.29, 1.82) is 0 Å². The molecule has 1 atom stereocenters. The summed E-state index contributed by atoms with van der Waals surface area (Å²) in [6.45, 7) is 6.61. The topological polar surface area (TPSA) is 34.5 Å². The van der Waals surface area contributed by atoms with Gasteiger partial charge in [0.05, 0.1) is 7.11 Å². The summed E-state index contributed by atoms with van der Waals surface area (Å²) in [5.74, 6) is 0.933. The summed E-state index contributed by atoms with van der Waals surface area (Å²) in [5, 5.41) is 0. The Morgan fingerprint density at radius 1 is 1.32 bits per heavy atom. The van der Waals surface area contributed by atoms with Gasteiger partial charge in [-0.15, -0.1) is 0 Å². The molecule has 1 aliphatic heterocycles. The van der Waals surface area contributed by atoms with E-state index in [1.165, 1.54) is 5.69 Å². The first kappa shape index (κ1) is 14.9. The lowest BCUT2D eigenvalue weighted by molar-refractivity contribution is 0.101. The van der Waals surface area contributed by atoms with Gasteiger partial charge in [0.2, 0.25) is 0 Å². The Morgan fingerprint density at radius 3 is 2.86 bits per heavy atom. The summed E-state index contributed by atoms with van der Waals surface area (Å²) in [5.41, 5.74) is 3.15. The minimum atomic E-state index is 0.0875. The quantitative estimate of drug-likeness (QED) is 0.812. The summed E-state index contributed by atoms with van der Waals surface area (Å²) in [6.07, 6.45) is 2.14. The molecule has 1 aliphatic rings. The first-order valence-electron chi connectivity index (χ1n) is 7.67. The van der Waals surface area contributed by atoms with Gasteiger partial charge >= 0.3 is 0 Å². The van der Waals surface area contributed by atoms with Crippen LogP contribution in [0.2, 0.25) is 0 Å². The molecule has 0 bridgehead atoms. The third kappa shape index (κ3) is 2.66. The summed E-state index contributed by atoms with van der Waals surface area (Å²) < 4.78 is 7.78. The van der Waals surface area contributed by atoms with Crippen LogP contribution in [0.1, 0.15) is 41.5 Å². The molecular weight excluding hydrogens is 276 g/mol. The van der Waals surface area contributed by atoms with E-state index in [1.54, 1.807) is 14.0 Å². The summed E-state index contributed by atoms with van der Waals surface area (Å²) in [6, 6.07) is 10.3. The lowest BCUT2D eigenvalue weighted by Crippen LogP contribution is -2.36. The number of aromatic nitrogens is 1. The summed E-state index contributed by atoms with van der Waals surface area (Å²) >= 11 is 0. The SMILES string of the molecule is COc1ccc(C(C)=O)cc1CN1CCn2cccc2[C@H]1C. The standard InChI is InChI=1S/C18H22N2O2/c1-13-17-5-4-8-19(17)9-10-20(13)12-16-11-15(14(2)21)6-7-18(16)22-3/h4-8,11,13H,9-10,12H2,1-3H3/t13-/m1/s1. The first-order valence-corrected chi connectivity index (χ1v) is 7.67. The van der Waals surface area contributed by atoms with Crippen LogP contribution in [0.25, 0.3) is 0 Å². The van der Waals surface area contributed by atoms with E-state index in [4.69, 9.17) is 4.74 Å². The molecule has 0 saturated heterocycles. The number of nitrogens with zero attached hydrogens (tertiary/aromatic N) is 2. The van der Waals surface area contributed by atoms with E-state index in [1.807, 2.05) is 18.2 Å². The molecule has 0 spiro atoms. The second-order valence-electron chi connectivity index (χ2n) is 5.86. The first-order chi connectivity index (χ1) is 10.6. The van der Waals surface area contributed by atoms with Crippen molar-refractivity contribution in [3.05, 3.63) is 53.3 Å². The number of hydrogen-bond acceptors (Lipinski definition) is 3. The Labute approximate surface area is 131 Å². The lowest BCUT2D eigenvalue weighted by atomic mass is 10.0. The Balaban J connectivity index is 1.87. The van der Waals surface area contributed by atoms with Crippen molar-refractivity contribution in [3.8, 4) is 5.75 Å². The molecule has 2 aromatic rings. The number of ketones is 1. The smallest absolute Gasteiger partial charge is 0.159 e. The van der Waals surface area contributed by atoms with Crippen molar-refractivity contribution in [3.63, 3.8) is 0 Å². The number of carbonyl (C=O) groups is 1. The highest BCUT2D eigenvalue weighted by molar-refractivity contribution is 5.94. The molecule has 0 saturated carbocycles. The number of Topliss-reactive ketones (excluding diaryl/α,β-unsaturated/α-hetero) is 1. The second kappa shape index (κ2) is 5.97. The van der Waals surface area contributed by atoms with E-state index in [2.05, 4.69) is 34.7 Å². The molecule has 22 heavy (non-hydrogen) atoms. The van der Waals surface area contributed by atoms with Crippen LogP contribution in [0, 0.1) is 0 Å². The molecule has 0 fully saturated rings. The van der Waals surface area contributed by atoms with Crippen molar-refractivity contribution in [2.24, 2.45) is 0 Å². The second-order valence-corrected chi connectivity index (χ2v) is 5.86. The zero-order chi connectivity index (χ0) is 15.7. The van der Waals surface area contributed by atoms with E-state index in [-0.39, 0.29) is 5.78 Å². The minimum Gasteiger partial charge on any atom is -0.496 e. The fraction of sp³-hybridized carbons (Fsp3) is 0.389. The third-order valence-corrected chi connectivity index (χ3v) is 4.53. The number of hydrogen-bond donors (Lipinski definition) is 0. The number of ether oxygens (including phenoxy) is 1. The molecule has 0 unspecified atom stereocenters. The van der Waals surface area contributed by atoms with Gasteiger partial charge in [-0.3, -0.25) is 9.69 Å². The zero-order valence-corrected chi connectivity index (χ0v) is 13.4. The molecule has 4 nitrogen and oxygen atoms in total. The van der Waals surface area contributed by atoms with Crippen LogP contribution in [-0.2, 0) is 13.1 Å². The average molecular weight is 298 g/mol. The summed E-state index contributed by atoms with van der Waals surface area (Å²) in [4.78, 5) is 14.1. The maximum absolute atomic E-state index is 11.6. The number of carbonyl (C=O) groups excluding carboxylic acids is 1. The molecular formula is C18H22N2O2. The number of methoxy groups -OCH3 is 1. The molecule has 0 N–H and O–H groups in total. The Hall–Kier alpha value is -2.07. The minimum absolute atomic E-state index is 0.0875. The van der Waals surface area contributed by atoms with E-state index < -0.39 is 0 Å². The normalized spacial score (nSPS) is 18.0. The van der Waals surface area contributed by atoms with E-state index in [0.29, 0.717) is 6.04 Å². The van der Waals surface area contributed by atoms with Crippen LogP contribution >= 0.6 is 0 Å². The molecule has 1 aromatic heterocycles. The van der Waals surface area contributed by atoms with Crippen LogP contribution < -0.4 is 4.74 Å². The predicted octanol–water partition coefficient (Wildman–Crippen LogP) is 3.28. The van der Waals surface area contributed by atoms with Crippen LogP contribution in [0.3, 0.4) is 0 Å². The molecule has 4 heteroatoms. The Kier molecular flexibility index (Phi) is 4.03. The van der Waals surface area contributed by atoms with Crippen LogP contribution in [0.5, 0.6) is 5.75 Å². The fourth-order valence-corrected chi connectivity index (χ4v) is 3.18. The monoisotopic (exact) mass is 298 g/mol. The van der Waals surface area contributed by atoms with Crippen molar-refractivity contribution < 1.29 is 9.53 Å². The van der Waals surface area contributed by atoms with Gasteiger partial charge in [-0.2, -0.15) is 0 Å². The predicted molar refractivity (Wildman–Crippen MR) is 86.3 cm³/mol. The van der Waals surface area contributed by atoms with E-state index in [9.17, 15) is 4.79 Å². The van der Waals surface area contributed by atoms with Gasteiger partial charge in [0.1, 0.15) is 5.75 Å². The Bertz CT molecular complexity index is 690. The molecule has 116 valence electrons. The van der Waals surface area contributed by atoms with Gasteiger partial charge in [0.15, 0.2) is 5.78 Å². The maximum atomic E-state index is 11.6. The van der Waals surface area contributed by atoms with Crippen molar-refractivity contribution >= 4 is 5.78 Å². The van der Waals surface area contributed by atoms with Gasteiger partial charge in [-0.25, -0.2) is 0 Å². The number of rotatable bonds is 4. The molecule has 1 aromatic carbocycles. The van der Waals surface area contributed by atoms with Crippen LogP contribution in [0.15, 0.2) is 36.5 Å². The molecule has 0 amide bonds. The van der Waals surface area contributed by atoms with Crippen molar-refractivity contribution in [2.75, 3.05) is 13.7 Å². The number of benzene rings is 1. The largest absolute Gasteiger partial charge is 0.496 e. The van der Waals surface area contributed by atoms with E-state index >= 15 is 0 Å². The summed E-state index contributed by atoms with van der Waals surface area (Å²) in [7, 11) is 1.68. The van der Waals surface area contributed by atoms with Crippen molar-refractivity contribution in [1.82, 2.24) is 9.47 Å². The van der Waals surface area contributed by atoms with Gasteiger partial charge in [0, 0.05) is 48.7 Å². The Morgan fingerprint density at radius 2 is 2.14 bits per heavy atom. The van der Waals surface area contributed by atoms with Gasteiger partial charge in [0.25, 0.3) is 0 Å². The molecule has 2 heterocycles. The zero-order valence-electron chi connectivity index (χ0n) is 13.4. The highest BCUT2D eigenvalue weighted by atomic mass is 16.5. The van der Waals surface area contributed by atoms with Gasteiger partial charge in [-0.1, -0.05) is 0 Å².